The van der Waals surface area contributed by atoms with Crippen molar-refractivity contribution in [3.05, 3.63) is 66.0 Å². The molecule has 0 aliphatic carbocycles. The number of piperazine rings is 2. The molecule has 0 radical (unpaired) electrons. The molecule has 1 aromatic heterocycles. The van der Waals surface area contributed by atoms with Gasteiger partial charge in [0, 0.05) is 83.4 Å². The van der Waals surface area contributed by atoms with Gasteiger partial charge in [-0.2, -0.15) is 14.4 Å². The van der Waals surface area contributed by atoms with Crippen molar-refractivity contribution < 1.29 is 9.13 Å². The van der Waals surface area contributed by atoms with E-state index in [4.69, 9.17) is 20.4 Å². The molecule has 3 fully saturated rings. The van der Waals surface area contributed by atoms with Gasteiger partial charge in [-0.3, -0.25) is 0 Å². The average Bonchev–Trinajstić information content (AvgIpc) is 3.02. The lowest BCUT2D eigenvalue weighted by molar-refractivity contribution is 0.122. The predicted octanol–water partition coefficient (Wildman–Crippen LogP) is 2.56. The van der Waals surface area contributed by atoms with E-state index < -0.39 is 0 Å². The van der Waals surface area contributed by atoms with Gasteiger partial charge in [-0.15, -0.1) is 0 Å². The Balaban J connectivity index is 1.23. The monoisotopic (exact) mass is 532 g/mol. The largest absolute Gasteiger partial charge is 0.378 e. The third-order valence-corrected chi connectivity index (χ3v) is 7.93. The lowest BCUT2D eigenvalue weighted by Crippen LogP contribution is -2.49. The van der Waals surface area contributed by atoms with E-state index in [1.807, 2.05) is 17.0 Å². The molecule has 2 aromatic carbocycles. The highest BCUT2D eigenvalue weighted by molar-refractivity contribution is 5.60. The van der Waals surface area contributed by atoms with Crippen molar-refractivity contribution in [2.45, 2.75) is 6.54 Å². The average molecular weight is 533 g/mol. The van der Waals surface area contributed by atoms with E-state index in [0.717, 1.165) is 44.8 Å². The van der Waals surface area contributed by atoms with Crippen LogP contribution in [0, 0.1) is 5.82 Å². The first-order valence-corrected chi connectivity index (χ1v) is 13.9. The fraction of sp³-hybridized carbons (Fsp3) is 0.448. The quantitative estimate of drug-likeness (QED) is 0.516. The van der Waals surface area contributed by atoms with Crippen molar-refractivity contribution in [3.8, 4) is 0 Å². The van der Waals surface area contributed by atoms with Crippen molar-refractivity contribution in [2.75, 3.05) is 103 Å². The molecule has 3 aromatic rings. The van der Waals surface area contributed by atoms with Crippen LogP contribution in [0.1, 0.15) is 5.56 Å². The lowest BCUT2D eigenvalue weighted by Gasteiger charge is -2.39. The lowest BCUT2D eigenvalue weighted by atomic mass is 10.1. The highest BCUT2D eigenvalue weighted by Gasteiger charge is 2.29. The number of anilines is 5. The molecule has 6 rings (SSSR count). The molecular weight excluding hydrogens is 495 g/mol. The SMILES string of the molecule is NCc1ccccc1N1CCN(c2nc(N3CCOCC3)c(F)c(N3CCN(c4ccccc4)CC3)n2)CC1. The van der Waals surface area contributed by atoms with E-state index in [-0.39, 0.29) is 5.82 Å². The summed E-state index contributed by atoms with van der Waals surface area (Å²) in [5.74, 6) is 1.07. The molecule has 0 saturated carbocycles. The number of aromatic nitrogens is 2. The van der Waals surface area contributed by atoms with Crippen LogP contribution >= 0.6 is 0 Å². The van der Waals surface area contributed by atoms with Crippen LogP contribution in [0.15, 0.2) is 54.6 Å². The maximum Gasteiger partial charge on any atom is 0.229 e. The summed E-state index contributed by atoms with van der Waals surface area (Å²) in [7, 11) is 0. The Labute approximate surface area is 229 Å². The van der Waals surface area contributed by atoms with Crippen LogP contribution in [0.4, 0.5) is 33.3 Å². The van der Waals surface area contributed by atoms with Crippen LogP contribution in [0.5, 0.6) is 0 Å². The number of rotatable bonds is 6. The van der Waals surface area contributed by atoms with Crippen molar-refractivity contribution in [2.24, 2.45) is 5.73 Å². The number of hydrogen-bond donors (Lipinski definition) is 1. The van der Waals surface area contributed by atoms with Crippen LogP contribution in [-0.4, -0.2) is 88.6 Å². The fourth-order valence-corrected chi connectivity index (χ4v) is 5.70. The molecule has 3 aliphatic rings. The third kappa shape index (κ3) is 5.44. The zero-order valence-corrected chi connectivity index (χ0v) is 22.4. The third-order valence-electron chi connectivity index (χ3n) is 7.93. The molecule has 0 unspecified atom stereocenters. The van der Waals surface area contributed by atoms with Gasteiger partial charge in [0.2, 0.25) is 11.8 Å². The van der Waals surface area contributed by atoms with E-state index in [1.165, 1.54) is 11.4 Å². The highest BCUT2D eigenvalue weighted by Crippen LogP contribution is 2.31. The Morgan fingerprint density at radius 2 is 1.18 bits per heavy atom. The Morgan fingerprint density at radius 3 is 1.85 bits per heavy atom. The number of nitrogens with two attached hydrogens (primary N) is 1. The number of para-hydroxylation sites is 2. The first-order valence-electron chi connectivity index (χ1n) is 13.9. The molecule has 10 heteroatoms. The van der Waals surface area contributed by atoms with Gasteiger partial charge in [0.05, 0.1) is 13.2 Å². The minimum Gasteiger partial charge on any atom is -0.378 e. The van der Waals surface area contributed by atoms with Gasteiger partial charge in [-0.25, -0.2) is 0 Å². The molecule has 4 heterocycles. The van der Waals surface area contributed by atoms with E-state index in [1.54, 1.807) is 0 Å². The molecule has 0 atom stereocenters. The summed E-state index contributed by atoms with van der Waals surface area (Å²) >= 11 is 0. The van der Waals surface area contributed by atoms with Gasteiger partial charge in [0.25, 0.3) is 0 Å². The first-order chi connectivity index (χ1) is 19.2. The normalized spacial score (nSPS) is 18.6. The second-order valence-corrected chi connectivity index (χ2v) is 10.2. The molecule has 0 spiro atoms. The number of benzene rings is 2. The second-order valence-electron chi connectivity index (χ2n) is 10.2. The Kier molecular flexibility index (Phi) is 7.64. The van der Waals surface area contributed by atoms with Crippen molar-refractivity contribution >= 4 is 29.0 Å². The number of hydrogen-bond acceptors (Lipinski definition) is 9. The molecule has 3 saturated heterocycles. The van der Waals surface area contributed by atoms with Crippen molar-refractivity contribution in [1.82, 2.24) is 9.97 Å². The van der Waals surface area contributed by atoms with Crippen LogP contribution in [-0.2, 0) is 11.3 Å². The summed E-state index contributed by atoms with van der Waals surface area (Å²) in [6.07, 6.45) is 0. The van der Waals surface area contributed by atoms with Gasteiger partial charge < -0.3 is 35.0 Å². The number of halogens is 1. The zero-order chi connectivity index (χ0) is 26.6. The summed E-state index contributed by atoms with van der Waals surface area (Å²) in [6, 6.07) is 18.7. The van der Waals surface area contributed by atoms with Gasteiger partial charge in [0.1, 0.15) is 0 Å². The maximum atomic E-state index is 16.1. The highest BCUT2D eigenvalue weighted by atomic mass is 19.1. The van der Waals surface area contributed by atoms with E-state index in [0.29, 0.717) is 63.5 Å². The summed E-state index contributed by atoms with van der Waals surface area (Å²) in [6.45, 7) is 9.12. The first kappa shape index (κ1) is 25.6. The van der Waals surface area contributed by atoms with Crippen LogP contribution < -0.4 is 30.2 Å². The topological polar surface area (TPSA) is 77.2 Å². The summed E-state index contributed by atoms with van der Waals surface area (Å²) in [5, 5.41) is 0. The Hall–Kier alpha value is -3.63. The standard InChI is InChI=1S/C29H37FN8O/c30-26-27(36-14-10-34(11-15-36)24-7-2-1-3-8-24)32-29(33-28(26)37-18-20-39-21-19-37)38-16-12-35(13-17-38)25-9-5-4-6-23(25)22-31/h1-9H,10-22,31H2. The van der Waals surface area contributed by atoms with Crippen LogP contribution in [0.3, 0.4) is 0 Å². The van der Waals surface area contributed by atoms with E-state index in [9.17, 15) is 0 Å². The maximum absolute atomic E-state index is 16.1. The molecule has 3 aliphatic heterocycles. The van der Waals surface area contributed by atoms with Gasteiger partial charge in [0.15, 0.2) is 11.6 Å². The molecule has 2 N–H and O–H groups in total. The zero-order valence-electron chi connectivity index (χ0n) is 22.4. The molecule has 0 bridgehead atoms. The summed E-state index contributed by atoms with van der Waals surface area (Å²) in [5.41, 5.74) is 9.53. The van der Waals surface area contributed by atoms with E-state index in [2.05, 4.69) is 62.1 Å². The van der Waals surface area contributed by atoms with Gasteiger partial charge in [-0.05, 0) is 23.8 Å². The Bertz CT molecular complexity index is 1240. The number of ether oxygens (including phenoxy) is 1. The van der Waals surface area contributed by atoms with E-state index >= 15 is 4.39 Å². The van der Waals surface area contributed by atoms with Gasteiger partial charge >= 0.3 is 0 Å². The van der Waals surface area contributed by atoms with Crippen molar-refractivity contribution in [1.29, 1.82) is 0 Å². The molecule has 9 nitrogen and oxygen atoms in total. The summed E-state index contributed by atoms with van der Waals surface area (Å²) < 4.78 is 21.6. The number of nitrogens with zero attached hydrogens (tertiary/aromatic N) is 7. The fourth-order valence-electron chi connectivity index (χ4n) is 5.70. The van der Waals surface area contributed by atoms with Crippen LogP contribution in [0.2, 0.25) is 0 Å². The second kappa shape index (κ2) is 11.6. The van der Waals surface area contributed by atoms with Gasteiger partial charge in [-0.1, -0.05) is 36.4 Å². The smallest absolute Gasteiger partial charge is 0.229 e. The molecular formula is C29H37FN8O. The van der Waals surface area contributed by atoms with Crippen LogP contribution in [0.25, 0.3) is 0 Å². The minimum atomic E-state index is -0.329. The predicted molar refractivity (Wildman–Crippen MR) is 155 cm³/mol. The molecule has 0 amide bonds. The molecule has 39 heavy (non-hydrogen) atoms. The van der Waals surface area contributed by atoms with Crippen molar-refractivity contribution in [3.63, 3.8) is 0 Å². The molecule has 206 valence electrons. The minimum absolute atomic E-state index is 0.329. The number of morpholine rings is 1. The summed E-state index contributed by atoms with van der Waals surface area (Å²) in [4.78, 5) is 20.6. The Morgan fingerprint density at radius 1 is 0.641 bits per heavy atom.